The summed E-state index contributed by atoms with van der Waals surface area (Å²) in [6, 6.07) is 3.21. The molecule has 5 nitrogen and oxygen atoms in total. The lowest BCUT2D eigenvalue weighted by Gasteiger charge is -2.14. The predicted octanol–water partition coefficient (Wildman–Crippen LogP) is 3.13. The zero-order valence-corrected chi connectivity index (χ0v) is 11.3. The molecule has 2 rings (SSSR count). The molecular formula is C12H16F3N5. The van der Waals surface area contributed by atoms with Crippen LogP contribution in [0.15, 0.2) is 12.1 Å². The summed E-state index contributed by atoms with van der Waals surface area (Å²) in [5, 5.41) is 13.6. The molecule has 1 unspecified atom stereocenters. The zero-order chi connectivity index (χ0) is 14.8. The Bertz CT molecular complexity index is 578. The monoisotopic (exact) mass is 287 g/mol. The second-order valence-corrected chi connectivity index (χ2v) is 4.70. The molecule has 0 aliphatic carbocycles. The SMILES string of the molecule is CCCCC(C)Nc1ccc2nnc(C(F)(F)F)n2n1. The van der Waals surface area contributed by atoms with E-state index in [1.54, 1.807) is 6.07 Å². The standard InChI is InChI=1S/C12H16F3N5/c1-3-4-5-8(2)16-9-6-7-10-17-18-11(12(13,14)15)20(10)19-9/h6-8H,3-5H2,1-2H3,(H,16,19). The van der Waals surface area contributed by atoms with Gasteiger partial charge in [0.1, 0.15) is 5.82 Å². The Morgan fingerprint density at radius 1 is 1.30 bits per heavy atom. The van der Waals surface area contributed by atoms with Gasteiger partial charge in [0.25, 0.3) is 5.82 Å². The van der Waals surface area contributed by atoms with Crippen LogP contribution in [0.5, 0.6) is 0 Å². The quantitative estimate of drug-likeness (QED) is 0.918. The summed E-state index contributed by atoms with van der Waals surface area (Å²) < 4.78 is 38.9. The number of alkyl halides is 3. The van der Waals surface area contributed by atoms with Crippen LogP contribution in [-0.2, 0) is 6.18 Å². The summed E-state index contributed by atoms with van der Waals surface area (Å²) in [7, 11) is 0. The summed E-state index contributed by atoms with van der Waals surface area (Å²) in [5.74, 6) is -0.733. The molecule has 0 saturated heterocycles. The van der Waals surface area contributed by atoms with Crippen LogP contribution >= 0.6 is 0 Å². The number of fused-ring (bicyclic) bond motifs is 1. The average Bonchev–Trinajstić information content (AvgIpc) is 2.79. The number of hydrogen-bond acceptors (Lipinski definition) is 4. The van der Waals surface area contributed by atoms with E-state index in [1.165, 1.54) is 6.07 Å². The zero-order valence-electron chi connectivity index (χ0n) is 11.3. The average molecular weight is 287 g/mol. The summed E-state index contributed by atoms with van der Waals surface area (Å²) in [6.07, 6.45) is -1.51. The predicted molar refractivity (Wildman–Crippen MR) is 68.4 cm³/mol. The minimum Gasteiger partial charge on any atom is -0.366 e. The topological polar surface area (TPSA) is 55.1 Å². The third-order valence-electron chi connectivity index (χ3n) is 2.90. The highest BCUT2D eigenvalue weighted by Crippen LogP contribution is 2.27. The third kappa shape index (κ3) is 3.17. The van der Waals surface area contributed by atoms with Gasteiger partial charge in [-0.05, 0) is 25.5 Å². The molecule has 2 aromatic rings. The fraction of sp³-hybridized carbons (Fsp3) is 0.583. The van der Waals surface area contributed by atoms with E-state index in [4.69, 9.17) is 0 Å². The molecule has 0 fully saturated rings. The molecule has 0 radical (unpaired) electrons. The number of aromatic nitrogens is 4. The normalized spacial score (nSPS) is 13.7. The highest BCUT2D eigenvalue weighted by Gasteiger charge is 2.37. The number of hydrogen-bond donors (Lipinski definition) is 1. The maximum absolute atomic E-state index is 12.7. The van der Waals surface area contributed by atoms with Gasteiger partial charge < -0.3 is 5.32 Å². The first kappa shape index (κ1) is 14.5. The summed E-state index contributed by atoms with van der Waals surface area (Å²) >= 11 is 0. The molecule has 1 N–H and O–H groups in total. The second-order valence-electron chi connectivity index (χ2n) is 4.70. The van der Waals surface area contributed by atoms with E-state index < -0.39 is 12.0 Å². The van der Waals surface area contributed by atoms with Crippen LogP contribution in [0, 0.1) is 0 Å². The highest BCUT2D eigenvalue weighted by atomic mass is 19.4. The van der Waals surface area contributed by atoms with Crippen molar-refractivity contribution in [1.82, 2.24) is 19.8 Å². The molecule has 20 heavy (non-hydrogen) atoms. The van der Waals surface area contributed by atoms with Crippen molar-refractivity contribution in [3.8, 4) is 0 Å². The smallest absolute Gasteiger partial charge is 0.366 e. The van der Waals surface area contributed by atoms with Crippen molar-refractivity contribution in [2.45, 2.75) is 45.3 Å². The number of nitrogens with one attached hydrogen (secondary N) is 1. The van der Waals surface area contributed by atoms with Crippen LogP contribution in [0.4, 0.5) is 19.0 Å². The molecule has 0 spiro atoms. The van der Waals surface area contributed by atoms with Crippen LogP contribution in [-0.4, -0.2) is 25.9 Å². The largest absolute Gasteiger partial charge is 0.453 e. The van der Waals surface area contributed by atoms with E-state index in [0.717, 1.165) is 23.8 Å². The van der Waals surface area contributed by atoms with Crippen molar-refractivity contribution in [1.29, 1.82) is 0 Å². The van der Waals surface area contributed by atoms with Crippen molar-refractivity contribution < 1.29 is 13.2 Å². The van der Waals surface area contributed by atoms with Gasteiger partial charge in [-0.3, -0.25) is 0 Å². The summed E-state index contributed by atoms with van der Waals surface area (Å²) in [6.45, 7) is 4.06. The highest BCUT2D eigenvalue weighted by molar-refractivity contribution is 5.44. The van der Waals surface area contributed by atoms with Crippen molar-refractivity contribution in [2.24, 2.45) is 0 Å². The molecule has 0 aliphatic heterocycles. The molecule has 2 aromatic heterocycles. The van der Waals surface area contributed by atoms with E-state index in [-0.39, 0.29) is 11.7 Å². The molecule has 0 aromatic carbocycles. The van der Waals surface area contributed by atoms with E-state index in [9.17, 15) is 13.2 Å². The Balaban J connectivity index is 2.24. The molecular weight excluding hydrogens is 271 g/mol. The van der Waals surface area contributed by atoms with Crippen LogP contribution in [0.3, 0.4) is 0 Å². The first-order valence-corrected chi connectivity index (χ1v) is 6.48. The van der Waals surface area contributed by atoms with E-state index in [1.807, 2.05) is 6.92 Å². The van der Waals surface area contributed by atoms with Gasteiger partial charge in [-0.25, -0.2) is 0 Å². The third-order valence-corrected chi connectivity index (χ3v) is 2.90. The van der Waals surface area contributed by atoms with Gasteiger partial charge in [-0.2, -0.15) is 17.7 Å². The van der Waals surface area contributed by atoms with E-state index in [0.29, 0.717) is 5.82 Å². The van der Waals surface area contributed by atoms with Crippen molar-refractivity contribution in [2.75, 3.05) is 5.32 Å². The number of rotatable bonds is 5. The molecule has 8 heteroatoms. The number of anilines is 1. The molecule has 0 amide bonds. The Morgan fingerprint density at radius 3 is 2.70 bits per heavy atom. The molecule has 2 heterocycles. The summed E-state index contributed by atoms with van der Waals surface area (Å²) in [5.41, 5.74) is 0.0732. The van der Waals surface area contributed by atoms with Gasteiger partial charge in [0.05, 0.1) is 0 Å². The van der Waals surface area contributed by atoms with Gasteiger partial charge in [0, 0.05) is 6.04 Å². The molecule has 0 aliphatic rings. The maximum Gasteiger partial charge on any atom is 0.453 e. The van der Waals surface area contributed by atoms with E-state index >= 15 is 0 Å². The van der Waals surface area contributed by atoms with Gasteiger partial charge in [0.2, 0.25) is 0 Å². The first-order valence-electron chi connectivity index (χ1n) is 6.48. The lowest BCUT2D eigenvalue weighted by Crippen LogP contribution is -2.18. The van der Waals surface area contributed by atoms with Crippen LogP contribution in [0.1, 0.15) is 38.9 Å². The lowest BCUT2D eigenvalue weighted by molar-refractivity contribution is -0.146. The van der Waals surface area contributed by atoms with Crippen molar-refractivity contribution in [3.63, 3.8) is 0 Å². The fourth-order valence-corrected chi connectivity index (χ4v) is 1.88. The molecule has 1 atom stereocenters. The van der Waals surface area contributed by atoms with Crippen molar-refractivity contribution in [3.05, 3.63) is 18.0 Å². The second kappa shape index (κ2) is 5.64. The molecule has 0 bridgehead atoms. The maximum atomic E-state index is 12.7. The minimum atomic E-state index is -4.57. The Labute approximate surface area is 114 Å². The summed E-state index contributed by atoms with van der Waals surface area (Å²) in [4.78, 5) is 0. The van der Waals surface area contributed by atoms with Gasteiger partial charge in [-0.15, -0.1) is 15.3 Å². The Morgan fingerprint density at radius 2 is 2.05 bits per heavy atom. The lowest BCUT2D eigenvalue weighted by atomic mass is 10.1. The van der Waals surface area contributed by atoms with Gasteiger partial charge in [-0.1, -0.05) is 19.8 Å². The fourth-order valence-electron chi connectivity index (χ4n) is 1.88. The van der Waals surface area contributed by atoms with Gasteiger partial charge >= 0.3 is 6.18 Å². The Hall–Kier alpha value is -1.86. The van der Waals surface area contributed by atoms with Crippen molar-refractivity contribution >= 4 is 11.5 Å². The minimum absolute atomic E-state index is 0.0732. The first-order chi connectivity index (χ1) is 9.41. The molecule has 0 saturated carbocycles. The van der Waals surface area contributed by atoms with Crippen LogP contribution in [0.2, 0.25) is 0 Å². The van der Waals surface area contributed by atoms with Crippen LogP contribution < -0.4 is 5.32 Å². The van der Waals surface area contributed by atoms with Gasteiger partial charge in [0.15, 0.2) is 5.65 Å². The van der Waals surface area contributed by atoms with Crippen LogP contribution in [0.25, 0.3) is 5.65 Å². The Kier molecular flexibility index (Phi) is 4.10. The number of halogens is 3. The van der Waals surface area contributed by atoms with E-state index in [2.05, 4.69) is 27.5 Å². The number of unbranched alkanes of at least 4 members (excludes halogenated alkanes) is 1. The molecule has 110 valence electrons. The number of nitrogens with zero attached hydrogens (tertiary/aromatic N) is 4.